The van der Waals surface area contributed by atoms with Gasteiger partial charge in [0.25, 0.3) is 11.8 Å². The Balaban J connectivity index is 1.46. The number of hydrogen-bond acceptors (Lipinski definition) is 5. The summed E-state index contributed by atoms with van der Waals surface area (Å²) >= 11 is 0. The molecule has 2 aliphatic heterocycles. The maximum Gasteiger partial charge on any atom is 0.255 e. The predicted molar refractivity (Wildman–Crippen MR) is 139 cm³/mol. The van der Waals surface area contributed by atoms with Gasteiger partial charge in [0, 0.05) is 43.2 Å². The average molecular weight is 480 g/mol. The number of ether oxygens (including phenoxy) is 2. The van der Waals surface area contributed by atoms with E-state index in [4.69, 9.17) is 9.47 Å². The van der Waals surface area contributed by atoms with E-state index in [1.54, 1.807) is 18.2 Å². The van der Waals surface area contributed by atoms with E-state index in [0.717, 1.165) is 69.7 Å². The topological polar surface area (TPSA) is 79.9 Å². The summed E-state index contributed by atoms with van der Waals surface area (Å²) in [6.45, 7) is 5.92. The van der Waals surface area contributed by atoms with Gasteiger partial charge in [0.2, 0.25) is 0 Å². The second kappa shape index (κ2) is 12.6. The Morgan fingerprint density at radius 2 is 1.83 bits per heavy atom. The van der Waals surface area contributed by atoms with Gasteiger partial charge in [0.1, 0.15) is 5.75 Å². The quantitative estimate of drug-likeness (QED) is 0.468. The Morgan fingerprint density at radius 3 is 2.54 bits per heavy atom. The summed E-state index contributed by atoms with van der Waals surface area (Å²) < 4.78 is 11.3. The third kappa shape index (κ3) is 6.98. The molecule has 0 spiro atoms. The van der Waals surface area contributed by atoms with Gasteiger partial charge in [-0.1, -0.05) is 13.3 Å². The number of amides is 2. The molecule has 7 nitrogen and oxygen atoms in total. The van der Waals surface area contributed by atoms with Crippen molar-refractivity contribution in [3.8, 4) is 5.75 Å². The molecule has 188 valence electrons. The van der Waals surface area contributed by atoms with E-state index >= 15 is 0 Å². The van der Waals surface area contributed by atoms with Gasteiger partial charge in [-0.05, 0) is 81.0 Å². The van der Waals surface area contributed by atoms with E-state index in [1.165, 1.54) is 6.42 Å². The molecule has 2 aromatic rings. The number of piperidine rings is 1. The summed E-state index contributed by atoms with van der Waals surface area (Å²) in [5, 5.41) is 5.99. The zero-order valence-electron chi connectivity index (χ0n) is 20.7. The second-order valence-corrected chi connectivity index (χ2v) is 9.31. The molecule has 2 N–H and O–H groups in total. The summed E-state index contributed by atoms with van der Waals surface area (Å²) in [5.74, 6) is 0.401. The van der Waals surface area contributed by atoms with Crippen molar-refractivity contribution in [2.75, 3.05) is 43.1 Å². The van der Waals surface area contributed by atoms with E-state index in [9.17, 15) is 9.59 Å². The molecular formula is C28H37N3O4. The largest absolute Gasteiger partial charge is 0.494 e. The van der Waals surface area contributed by atoms with Crippen molar-refractivity contribution in [1.29, 1.82) is 0 Å². The summed E-state index contributed by atoms with van der Waals surface area (Å²) in [4.78, 5) is 28.3. The molecule has 2 amide bonds. The number of anilines is 2. The highest BCUT2D eigenvalue weighted by Gasteiger charge is 2.22. The van der Waals surface area contributed by atoms with E-state index in [0.29, 0.717) is 30.0 Å². The average Bonchev–Trinajstić information content (AvgIpc) is 3.42. The molecule has 2 aliphatic rings. The van der Waals surface area contributed by atoms with E-state index in [-0.39, 0.29) is 17.9 Å². The molecule has 0 aromatic heterocycles. The molecule has 2 heterocycles. The first-order chi connectivity index (χ1) is 17.1. The Hall–Kier alpha value is -3.06. The Bertz CT molecular complexity index is 980. The van der Waals surface area contributed by atoms with Crippen LogP contribution < -0.4 is 20.3 Å². The van der Waals surface area contributed by atoms with Crippen LogP contribution in [-0.4, -0.2) is 50.8 Å². The summed E-state index contributed by atoms with van der Waals surface area (Å²) in [6, 6.07) is 12.8. The smallest absolute Gasteiger partial charge is 0.255 e. The van der Waals surface area contributed by atoms with Gasteiger partial charge >= 0.3 is 0 Å². The number of nitrogens with zero attached hydrogens (tertiary/aromatic N) is 1. The monoisotopic (exact) mass is 479 g/mol. The van der Waals surface area contributed by atoms with Crippen molar-refractivity contribution in [3.05, 3.63) is 53.6 Å². The lowest BCUT2D eigenvalue weighted by Crippen LogP contribution is -2.35. The third-order valence-electron chi connectivity index (χ3n) is 6.59. The molecule has 4 rings (SSSR count). The van der Waals surface area contributed by atoms with Crippen LogP contribution in [0.1, 0.15) is 72.6 Å². The fourth-order valence-electron chi connectivity index (χ4n) is 4.55. The van der Waals surface area contributed by atoms with Crippen LogP contribution in [0.2, 0.25) is 0 Å². The van der Waals surface area contributed by atoms with Crippen LogP contribution in [0.5, 0.6) is 5.75 Å². The van der Waals surface area contributed by atoms with E-state index in [2.05, 4.69) is 22.5 Å². The molecule has 2 saturated heterocycles. The number of carbonyl (C=O) groups is 2. The zero-order valence-corrected chi connectivity index (χ0v) is 20.7. The molecule has 1 unspecified atom stereocenters. The van der Waals surface area contributed by atoms with Crippen molar-refractivity contribution in [3.63, 3.8) is 0 Å². The zero-order chi connectivity index (χ0) is 24.5. The van der Waals surface area contributed by atoms with Gasteiger partial charge in [-0.2, -0.15) is 0 Å². The molecule has 0 radical (unpaired) electrons. The highest BCUT2D eigenvalue weighted by molar-refractivity contribution is 6.06. The summed E-state index contributed by atoms with van der Waals surface area (Å²) in [5.41, 5.74) is 2.64. The lowest BCUT2D eigenvalue weighted by Gasteiger charge is -2.30. The van der Waals surface area contributed by atoms with Gasteiger partial charge in [-0.25, -0.2) is 0 Å². The van der Waals surface area contributed by atoms with Crippen molar-refractivity contribution in [2.24, 2.45) is 0 Å². The molecule has 2 fully saturated rings. The third-order valence-corrected chi connectivity index (χ3v) is 6.59. The van der Waals surface area contributed by atoms with Crippen LogP contribution >= 0.6 is 0 Å². The number of unbranched alkanes of at least 4 members (excludes halogenated alkanes) is 1. The molecule has 0 bridgehead atoms. The highest BCUT2D eigenvalue weighted by atomic mass is 16.5. The van der Waals surface area contributed by atoms with Crippen LogP contribution in [0.4, 0.5) is 11.4 Å². The van der Waals surface area contributed by atoms with E-state index in [1.807, 2.05) is 24.3 Å². The Kier molecular flexibility index (Phi) is 9.01. The second-order valence-electron chi connectivity index (χ2n) is 9.31. The molecule has 0 saturated carbocycles. The number of carbonyl (C=O) groups excluding carboxylic acids is 2. The van der Waals surface area contributed by atoms with E-state index < -0.39 is 0 Å². The van der Waals surface area contributed by atoms with Crippen molar-refractivity contribution >= 4 is 23.2 Å². The number of benzene rings is 2. The SMILES string of the molecule is CCCCOc1ccc(C(=O)Nc2ccc(N3CCCCC3)c(C(=O)NCC3CCCO3)c2)cc1. The first-order valence-corrected chi connectivity index (χ1v) is 13.0. The normalized spacial score (nSPS) is 17.7. The van der Waals surface area contributed by atoms with Crippen LogP contribution in [0.15, 0.2) is 42.5 Å². The van der Waals surface area contributed by atoms with Gasteiger partial charge in [-0.15, -0.1) is 0 Å². The maximum atomic E-state index is 13.2. The predicted octanol–water partition coefficient (Wildman–Crippen LogP) is 5.02. The number of nitrogens with one attached hydrogen (secondary N) is 2. The minimum Gasteiger partial charge on any atom is -0.494 e. The van der Waals surface area contributed by atoms with Crippen LogP contribution in [0, 0.1) is 0 Å². The minimum atomic E-state index is -0.221. The highest BCUT2D eigenvalue weighted by Crippen LogP contribution is 2.28. The molecular weight excluding hydrogens is 442 g/mol. The molecule has 0 aliphatic carbocycles. The lowest BCUT2D eigenvalue weighted by molar-refractivity contribution is 0.0858. The van der Waals surface area contributed by atoms with Crippen molar-refractivity contribution in [2.45, 2.75) is 58.0 Å². The standard InChI is InChI=1S/C28H37N3O4/c1-2-3-17-34-23-12-9-21(10-13-23)27(32)30-22-11-14-26(31-15-5-4-6-16-31)25(19-22)28(33)29-20-24-8-7-18-35-24/h9-14,19,24H,2-8,15-18,20H2,1H3,(H,29,33)(H,30,32). The molecule has 2 aromatic carbocycles. The minimum absolute atomic E-state index is 0.0780. The first kappa shape index (κ1) is 25.0. The van der Waals surface area contributed by atoms with Gasteiger partial charge in [0.15, 0.2) is 0 Å². The fourth-order valence-corrected chi connectivity index (χ4v) is 4.55. The summed E-state index contributed by atoms with van der Waals surface area (Å²) in [6.07, 6.45) is 7.61. The van der Waals surface area contributed by atoms with Gasteiger partial charge in [0.05, 0.1) is 18.3 Å². The maximum absolute atomic E-state index is 13.2. The lowest BCUT2D eigenvalue weighted by atomic mass is 10.1. The number of rotatable bonds is 10. The Morgan fingerprint density at radius 1 is 1.03 bits per heavy atom. The van der Waals surface area contributed by atoms with Gasteiger partial charge < -0.3 is 25.0 Å². The summed E-state index contributed by atoms with van der Waals surface area (Å²) in [7, 11) is 0. The van der Waals surface area contributed by atoms with Crippen molar-refractivity contribution < 1.29 is 19.1 Å². The first-order valence-electron chi connectivity index (χ1n) is 13.0. The molecule has 35 heavy (non-hydrogen) atoms. The van der Waals surface area contributed by atoms with Crippen LogP contribution in [0.3, 0.4) is 0 Å². The van der Waals surface area contributed by atoms with Gasteiger partial charge in [-0.3, -0.25) is 9.59 Å². The fraction of sp³-hybridized carbons (Fsp3) is 0.500. The number of hydrogen-bond donors (Lipinski definition) is 2. The van der Waals surface area contributed by atoms with Crippen molar-refractivity contribution in [1.82, 2.24) is 5.32 Å². The van der Waals surface area contributed by atoms with Crippen LogP contribution in [0.25, 0.3) is 0 Å². The Labute approximate surface area is 208 Å². The molecule has 7 heteroatoms. The van der Waals surface area contributed by atoms with Crippen LogP contribution in [-0.2, 0) is 4.74 Å². The molecule has 1 atom stereocenters.